The summed E-state index contributed by atoms with van der Waals surface area (Å²) in [5.74, 6) is 0.864. The van der Waals surface area contributed by atoms with Gasteiger partial charge in [0.2, 0.25) is 0 Å². The van der Waals surface area contributed by atoms with E-state index in [1.807, 2.05) is 25.1 Å². The fourth-order valence-corrected chi connectivity index (χ4v) is 5.11. The number of carbonyl (C=O) groups is 1. The van der Waals surface area contributed by atoms with Crippen molar-refractivity contribution in [3.63, 3.8) is 0 Å². The molecule has 2 aromatic heterocycles. The largest absolute Gasteiger partial charge is 0.483 e. The topological polar surface area (TPSA) is 90.5 Å². The van der Waals surface area contributed by atoms with E-state index < -0.39 is 0 Å². The number of nitrogens with one attached hydrogen (secondary N) is 2. The Balaban J connectivity index is 0.000000821. The Bertz CT molecular complexity index is 1110. The summed E-state index contributed by atoms with van der Waals surface area (Å²) in [6.07, 6.45) is 3.46. The zero-order chi connectivity index (χ0) is 23.4. The summed E-state index contributed by atoms with van der Waals surface area (Å²) < 4.78 is 6.16. The number of halogens is 2. The molecular weight excluding hydrogens is 463 g/mol. The first kappa shape index (κ1) is 23.8. The van der Waals surface area contributed by atoms with Crippen molar-refractivity contribution in [2.45, 2.75) is 38.3 Å². The fourth-order valence-electron chi connectivity index (χ4n) is 4.83. The van der Waals surface area contributed by atoms with Crippen LogP contribution in [0.3, 0.4) is 0 Å². The maximum atomic E-state index is 8.36. The van der Waals surface area contributed by atoms with Crippen LogP contribution < -0.4 is 5.32 Å². The van der Waals surface area contributed by atoms with Crippen molar-refractivity contribution in [3.05, 3.63) is 57.3 Å². The third kappa shape index (κ3) is 5.27. The minimum absolute atomic E-state index is 0.225. The predicted octanol–water partition coefficient (Wildman–Crippen LogP) is 5.07. The molecule has 0 aliphatic carbocycles. The van der Waals surface area contributed by atoms with Crippen molar-refractivity contribution < 1.29 is 14.6 Å². The molecule has 0 bridgehead atoms. The van der Waals surface area contributed by atoms with Gasteiger partial charge in [-0.15, -0.1) is 0 Å². The minimum Gasteiger partial charge on any atom is -0.483 e. The van der Waals surface area contributed by atoms with Gasteiger partial charge in [0.25, 0.3) is 6.47 Å². The van der Waals surface area contributed by atoms with E-state index >= 15 is 0 Å². The van der Waals surface area contributed by atoms with Gasteiger partial charge in [-0.2, -0.15) is 0 Å². The predicted molar refractivity (Wildman–Crippen MR) is 131 cm³/mol. The van der Waals surface area contributed by atoms with Crippen LogP contribution in [-0.4, -0.2) is 58.8 Å². The number of H-pyrrole nitrogens is 1. The zero-order valence-electron chi connectivity index (χ0n) is 18.5. The number of aryl methyl sites for hydroxylation is 1. The molecule has 2 aliphatic heterocycles. The Kier molecular flexibility index (Phi) is 7.75. The highest BCUT2D eigenvalue weighted by Gasteiger charge is 2.37. The van der Waals surface area contributed by atoms with Crippen molar-refractivity contribution in [1.29, 1.82) is 0 Å². The van der Waals surface area contributed by atoms with E-state index in [-0.39, 0.29) is 18.6 Å². The van der Waals surface area contributed by atoms with E-state index in [0.717, 1.165) is 67.6 Å². The van der Waals surface area contributed by atoms with Gasteiger partial charge in [0.1, 0.15) is 5.82 Å². The Labute approximate surface area is 203 Å². The Morgan fingerprint density at radius 1 is 1.33 bits per heavy atom. The molecule has 4 heterocycles. The van der Waals surface area contributed by atoms with Crippen molar-refractivity contribution >= 4 is 46.4 Å². The molecule has 1 fully saturated rings. The van der Waals surface area contributed by atoms with E-state index in [0.29, 0.717) is 5.02 Å². The van der Waals surface area contributed by atoms with E-state index in [1.54, 1.807) is 0 Å². The number of rotatable bonds is 5. The molecular formula is C24H28Cl2N4O3. The highest BCUT2D eigenvalue weighted by atomic mass is 35.5. The number of fused-ring (bicyclic) bond motifs is 3. The van der Waals surface area contributed by atoms with Gasteiger partial charge in [0, 0.05) is 47.9 Å². The smallest absolute Gasteiger partial charge is 0.290 e. The molecule has 0 saturated carbocycles. The second-order valence-corrected chi connectivity index (χ2v) is 9.13. The first-order valence-corrected chi connectivity index (χ1v) is 11.9. The number of hydrogen-bond donors (Lipinski definition) is 3. The second-order valence-electron chi connectivity index (χ2n) is 8.29. The van der Waals surface area contributed by atoms with E-state index in [4.69, 9.17) is 37.8 Å². The molecule has 1 aromatic carbocycles. The molecule has 0 radical (unpaired) electrons. The summed E-state index contributed by atoms with van der Waals surface area (Å²) in [5, 5.41) is 13.1. The van der Waals surface area contributed by atoms with E-state index in [2.05, 4.69) is 32.3 Å². The molecule has 7 nitrogen and oxygen atoms in total. The standard InChI is InChI=1S/C23H26Cl2N4O.CH2O2/c1-14-18(25)5-7-21(27-14)26-9-11-29-10-8-16-17-13-15(24)4-6-19(17)28-22(16)23(29)20-3-2-12-30-20;2-1-3/h4-7,13,20,23,28H,2-3,8-12H2,1H3,(H,26,27);1H,(H,2,3). The van der Waals surface area contributed by atoms with Crippen LogP contribution in [0, 0.1) is 6.92 Å². The Morgan fingerprint density at radius 3 is 2.88 bits per heavy atom. The van der Waals surface area contributed by atoms with Gasteiger partial charge < -0.3 is 20.1 Å². The second kappa shape index (κ2) is 10.7. The number of pyridine rings is 1. The fraction of sp³-hybridized carbons (Fsp3) is 0.417. The van der Waals surface area contributed by atoms with Gasteiger partial charge in [-0.25, -0.2) is 4.98 Å². The van der Waals surface area contributed by atoms with Crippen molar-refractivity contribution in [1.82, 2.24) is 14.9 Å². The van der Waals surface area contributed by atoms with Crippen LogP contribution in [0.25, 0.3) is 10.9 Å². The first-order chi connectivity index (χ1) is 16.0. The molecule has 33 heavy (non-hydrogen) atoms. The van der Waals surface area contributed by atoms with Crippen LogP contribution in [-0.2, 0) is 16.0 Å². The molecule has 5 rings (SSSR count). The quantitative estimate of drug-likeness (QED) is 0.432. The lowest BCUT2D eigenvalue weighted by molar-refractivity contribution is -0.122. The minimum atomic E-state index is -0.250. The highest BCUT2D eigenvalue weighted by molar-refractivity contribution is 6.31. The maximum absolute atomic E-state index is 8.36. The zero-order valence-corrected chi connectivity index (χ0v) is 20.0. The number of benzene rings is 1. The average Bonchev–Trinajstić information content (AvgIpc) is 3.44. The monoisotopic (exact) mass is 490 g/mol. The van der Waals surface area contributed by atoms with Gasteiger partial charge in [-0.1, -0.05) is 23.2 Å². The molecule has 9 heteroatoms. The third-order valence-electron chi connectivity index (χ3n) is 6.28. The molecule has 0 spiro atoms. The summed E-state index contributed by atoms with van der Waals surface area (Å²) in [7, 11) is 0. The van der Waals surface area contributed by atoms with Crippen LogP contribution in [0.5, 0.6) is 0 Å². The number of ether oxygens (including phenoxy) is 1. The van der Waals surface area contributed by atoms with Gasteiger partial charge in [-0.05, 0) is 62.1 Å². The molecule has 0 amide bonds. The van der Waals surface area contributed by atoms with Gasteiger partial charge in [-0.3, -0.25) is 9.69 Å². The van der Waals surface area contributed by atoms with E-state index in [1.165, 1.54) is 16.6 Å². The summed E-state index contributed by atoms with van der Waals surface area (Å²) in [4.78, 5) is 19.1. The molecule has 2 aliphatic rings. The summed E-state index contributed by atoms with van der Waals surface area (Å²) in [6.45, 7) is 5.27. The van der Waals surface area contributed by atoms with Crippen LogP contribution >= 0.6 is 23.2 Å². The maximum Gasteiger partial charge on any atom is 0.290 e. The summed E-state index contributed by atoms with van der Waals surface area (Å²) >= 11 is 12.4. The van der Waals surface area contributed by atoms with Crippen LogP contribution in [0.1, 0.15) is 35.8 Å². The molecule has 1 saturated heterocycles. The lowest BCUT2D eigenvalue weighted by atomic mass is 9.92. The van der Waals surface area contributed by atoms with Gasteiger partial charge in [0.15, 0.2) is 0 Å². The Hall–Kier alpha value is -2.32. The number of aromatic nitrogens is 2. The number of carboxylic acid groups (broad SMARTS) is 1. The summed E-state index contributed by atoms with van der Waals surface area (Å²) in [6, 6.07) is 10.2. The Morgan fingerprint density at radius 2 is 2.15 bits per heavy atom. The molecule has 2 unspecified atom stereocenters. The molecule has 176 valence electrons. The van der Waals surface area contributed by atoms with Gasteiger partial charge >= 0.3 is 0 Å². The first-order valence-electron chi connectivity index (χ1n) is 11.1. The van der Waals surface area contributed by atoms with Crippen LogP contribution in [0.15, 0.2) is 30.3 Å². The number of hydrogen-bond acceptors (Lipinski definition) is 5. The lowest BCUT2D eigenvalue weighted by Crippen LogP contribution is -2.43. The van der Waals surface area contributed by atoms with Crippen LogP contribution in [0.4, 0.5) is 5.82 Å². The normalized spacial score (nSPS) is 20.2. The lowest BCUT2D eigenvalue weighted by Gasteiger charge is -2.38. The van der Waals surface area contributed by atoms with Crippen molar-refractivity contribution in [2.24, 2.45) is 0 Å². The summed E-state index contributed by atoms with van der Waals surface area (Å²) in [5.41, 5.74) is 4.70. The average molecular weight is 491 g/mol. The molecule has 2 atom stereocenters. The highest BCUT2D eigenvalue weighted by Crippen LogP contribution is 2.40. The van der Waals surface area contributed by atoms with Gasteiger partial charge in [0.05, 0.1) is 22.9 Å². The molecule has 3 N–H and O–H groups in total. The van der Waals surface area contributed by atoms with Crippen LogP contribution in [0.2, 0.25) is 10.0 Å². The van der Waals surface area contributed by atoms with E-state index in [9.17, 15) is 0 Å². The number of nitrogens with zero attached hydrogens (tertiary/aromatic N) is 2. The number of aromatic amines is 1. The third-order valence-corrected chi connectivity index (χ3v) is 6.92. The van der Waals surface area contributed by atoms with Crippen molar-refractivity contribution in [2.75, 3.05) is 31.6 Å². The number of anilines is 1. The van der Waals surface area contributed by atoms with Crippen molar-refractivity contribution in [3.8, 4) is 0 Å². The molecule has 3 aromatic rings. The SMILES string of the molecule is Cc1nc(NCCN2CCc3c([nH]c4ccc(Cl)cc34)C2C2CCCO2)ccc1Cl.O=CO.